The summed E-state index contributed by atoms with van der Waals surface area (Å²) in [7, 11) is 2.01. The van der Waals surface area contributed by atoms with Gasteiger partial charge in [-0.15, -0.1) is 6.42 Å². The molecular formula is C14H24N2. The summed E-state index contributed by atoms with van der Waals surface area (Å²) in [4.78, 5) is 2.69. The van der Waals surface area contributed by atoms with Crippen molar-refractivity contribution in [2.75, 3.05) is 20.1 Å². The Morgan fingerprint density at radius 3 is 2.25 bits per heavy atom. The molecule has 0 bridgehead atoms. The first-order valence-electron chi connectivity index (χ1n) is 6.72. The Morgan fingerprint density at radius 2 is 1.75 bits per heavy atom. The Bertz CT molecular complexity index is 254. The van der Waals surface area contributed by atoms with Gasteiger partial charge in [0, 0.05) is 5.54 Å². The zero-order valence-corrected chi connectivity index (χ0v) is 10.5. The molecule has 0 aromatic heterocycles. The van der Waals surface area contributed by atoms with Crippen LogP contribution in [0.2, 0.25) is 0 Å². The number of hydrogen-bond donors (Lipinski definition) is 1. The van der Waals surface area contributed by atoms with Crippen molar-refractivity contribution in [3.8, 4) is 12.3 Å². The lowest BCUT2D eigenvalue weighted by atomic mass is 9.85. The van der Waals surface area contributed by atoms with Crippen molar-refractivity contribution in [2.45, 2.75) is 56.5 Å². The van der Waals surface area contributed by atoms with E-state index in [0.29, 0.717) is 0 Å². The predicted molar refractivity (Wildman–Crippen MR) is 68.3 cm³/mol. The molecule has 2 rings (SSSR count). The Kier molecular flexibility index (Phi) is 3.89. The number of likely N-dealkylation sites (N-methyl/N-ethyl adjacent to an activating group) is 1. The Balaban J connectivity index is 2.17. The average molecular weight is 220 g/mol. The van der Waals surface area contributed by atoms with Gasteiger partial charge in [0.1, 0.15) is 0 Å². The van der Waals surface area contributed by atoms with Gasteiger partial charge in [0.25, 0.3) is 0 Å². The second-order valence-corrected chi connectivity index (χ2v) is 5.25. The summed E-state index contributed by atoms with van der Waals surface area (Å²) in [6.07, 6.45) is 15.1. The van der Waals surface area contributed by atoms with Gasteiger partial charge < -0.3 is 5.32 Å². The summed E-state index contributed by atoms with van der Waals surface area (Å²) in [6, 6.07) is 0.230. The number of nitrogens with one attached hydrogen (secondary N) is 1. The third-order valence-electron chi connectivity index (χ3n) is 4.45. The van der Waals surface area contributed by atoms with E-state index in [-0.39, 0.29) is 11.6 Å². The minimum atomic E-state index is 0.230. The molecule has 1 saturated carbocycles. The lowest BCUT2D eigenvalue weighted by Gasteiger charge is -2.46. The molecule has 2 heteroatoms. The molecule has 0 amide bonds. The Labute approximate surface area is 99.8 Å². The van der Waals surface area contributed by atoms with Gasteiger partial charge in [-0.3, -0.25) is 4.90 Å². The van der Waals surface area contributed by atoms with Gasteiger partial charge in [-0.05, 0) is 45.8 Å². The van der Waals surface area contributed by atoms with Crippen LogP contribution in [-0.2, 0) is 0 Å². The van der Waals surface area contributed by atoms with Gasteiger partial charge in [0.05, 0.1) is 6.04 Å². The predicted octanol–water partition coefficient (Wildman–Crippen LogP) is 2.01. The Morgan fingerprint density at radius 1 is 1.12 bits per heavy atom. The zero-order valence-electron chi connectivity index (χ0n) is 10.5. The molecule has 2 nitrogen and oxygen atoms in total. The lowest BCUT2D eigenvalue weighted by Crippen LogP contribution is -2.60. The molecule has 0 aromatic carbocycles. The number of terminal acetylenes is 1. The summed E-state index contributed by atoms with van der Waals surface area (Å²) in [5, 5.41) is 3.35. The van der Waals surface area contributed by atoms with E-state index in [9.17, 15) is 0 Å². The first kappa shape index (κ1) is 12.0. The van der Waals surface area contributed by atoms with Crippen LogP contribution in [0.25, 0.3) is 0 Å². The van der Waals surface area contributed by atoms with E-state index in [2.05, 4.69) is 16.1 Å². The van der Waals surface area contributed by atoms with Crippen molar-refractivity contribution >= 4 is 0 Å². The number of piperidine rings is 1. The molecule has 1 unspecified atom stereocenters. The van der Waals surface area contributed by atoms with Crippen molar-refractivity contribution < 1.29 is 0 Å². The van der Waals surface area contributed by atoms with E-state index in [1.165, 1.54) is 58.0 Å². The van der Waals surface area contributed by atoms with Crippen molar-refractivity contribution in [2.24, 2.45) is 0 Å². The maximum Gasteiger partial charge on any atom is 0.0871 e. The van der Waals surface area contributed by atoms with Crippen molar-refractivity contribution in [1.82, 2.24) is 10.2 Å². The fourth-order valence-electron chi connectivity index (χ4n) is 3.62. The molecule has 1 heterocycles. The second kappa shape index (κ2) is 5.21. The molecule has 1 aliphatic carbocycles. The fraction of sp³-hybridized carbons (Fsp3) is 0.857. The van der Waals surface area contributed by atoms with Crippen LogP contribution in [0.1, 0.15) is 44.9 Å². The van der Waals surface area contributed by atoms with Gasteiger partial charge >= 0.3 is 0 Å². The van der Waals surface area contributed by atoms with E-state index < -0.39 is 0 Å². The molecule has 0 spiro atoms. The first-order valence-corrected chi connectivity index (χ1v) is 6.72. The summed E-state index contributed by atoms with van der Waals surface area (Å²) < 4.78 is 0. The SMILES string of the molecule is C#CC(NC)C1(N2CCCCC2)CCCC1. The van der Waals surface area contributed by atoms with Gasteiger partial charge in [0.2, 0.25) is 0 Å². The highest BCUT2D eigenvalue weighted by Crippen LogP contribution is 2.39. The topological polar surface area (TPSA) is 15.3 Å². The van der Waals surface area contributed by atoms with Crippen LogP contribution in [0, 0.1) is 12.3 Å². The van der Waals surface area contributed by atoms with Crippen LogP contribution >= 0.6 is 0 Å². The number of rotatable bonds is 3. The monoisotopic (exact) mass is 220 g/mol. The van der Waals surface area contributed by atoms with Crippen LogP contribution < -0.4 is 5.32 Å². The molecule has 16 heavy (non-hydrogen) atoms. The van der Waals surface area contributed by atoms with Crippen LogP contribution in [-0.4, -0.2) is 36.6 Å². The summed E-state index contributed by atoms with van der Waals surface area (Å²) in [5.74, 6) is 2.98. The van der Waals surface area contributed by atoms with E-state index in [1.54, 1.807) is 0 Å². The zero-order chi connectivity index (χ0) is 11.4. The molecule has 1 N–H and O–H groups in total. The van der Waals surface area contributed by atoms with E-state index >= 15 is 0 Å². The molecule has 2 aliphatic rings. The largest absolute Gasteiger partial charge is 0.305 e. The molecule has 2 fully saturated rings. The van der Waals surface area contributed by atoms with Gasteiger partial charge in [0.15, 0.2) is 0 Å². The van der Waals surface area contributed by atoms with E-state index in [0.717, 1.165) is 0 Å². The molecule has 0 aromatic rings. The number of nitrogens with zero attached hydrogens (tertiary/aromatic N) is 1. The maximum atomic E-state index is 5.72. The van der Waals surface area contributed by atoms with Gasteiger partial charge in [-0.25, -0.2) is 0 Å². The van der Waals surface area contributed by atoms with E-state index in [1.807, 2.05) is 7.05 Å². The average Bonchev–Trinajstić information content (AvgIpc) is 2.82. The van der Waals surface area contributed by atoms with Crippen LogP contribution in [0.4, 0.5) is 0 Å². The van der Waals surface area contributed by atoms with Crippen LogP contribution in [0.3, 0.4) is 0 Å². The highest BCUT2D eigenvalue weighted by molar-refractivity contribution is 5.15. The van der Waals surface area contributed by atoms with Crippen LogP contribution in [0.15, 0.2) is 0 Å². The normalized spacial score (nSPS) is 27.5. The third-order valence-corrected chi connectivity index (χ3v) is 4.45. The summed E-state index contributed by atoms with van der Waals surface area (Å²) in [5.41, 5.74) is 0.268. The molecule has 1 atom stereocenters. The quantitative estimate of drug-likeness (QED) is 0.732. The van der Waals surface area contributed by atoms with E-state index in [4.69, 9.17) is 6.42 Å². The van der Waals surface area contributed by atoms with Gasteiger partial charge in [-0.1, -0.05) is 25.2 Å². The minimum Gasteiger partial charge on any atom is -0.305 e. The molecule has 90 valence electrons. The van der Waals surface area contributed by atoms with Crippen LogP contribution in [0.5, 0.6) is 0 Å². The Hall–Kier alpha value is -0.520. The first-order chi connectivity index (χ1) is 7.83. The molecule has 1 saturated heterocycles. The number of hydrogen-bond acceptors (Lipinski definition) is 2. The van der Waals surface area contributed by atoms with Gasteiger partial charge in [-0.2, -0.15) is 0 Å². The summed E-state index contributed by atoms with van der Waals surface area (Å²) >= 11 is 0. The standard InChI is InChI=1S/C14H24N2/c1-3-13(15-2)14(9-5-6-10-14)16-11-7-4-8-12-16/h1,13,15H,4-12H2,2H3. The third kappa shape index (κ3) is 1.99. The highest BCUT2D eigenvalue weighted by Gasteiger charge is 2.44. The molecule has 0 radical (unpaired) electrons. The fourth-order valence-corrected chi connectivity index (χ4v) is 3.62. The van der Waals surface area contributed by atoms with Crippen molar-refractivity contribution in [1.29, 1.82) is 0 Å². The lowest BCUT2D eigenvalue weighted by molar-refractivity contribution is 0.0546. The molecular weight excluding hydrogens is 196 g/mol. The van der Waals surface area contributed by atoms with Crippen molar-refractivity contribution in [3.63, 3.8) is 0 Å². The smallest absolute Gasteiger partial charge is 0.0871 e. The minimum absolute atomic E-state index is 0.230. The number of likely N-dealkylation sites (tertiary alicyclic amines) is 1. The summed E-state index contributed by atoms with van der Waals surface area (Å²) in [6.45, 7) is 2.50. The second-order valence-electron chi connectivity index (χ2n) is 5.25. The highest BCUT2D eigenvalue weighted by atomic mass is 15.2. The maximum absolute atomic E-state index is 5.72. The molecule has 1 aliphatic heterocycles. The van der Waals surface area contributed by atoms with Crippen molar-refractivity contribution in [3.05, 3.63) is 0 Å².